The van der Waals surface area contributed by atoms with Crippen molar-refractivity contribution in [3.8, 4) is 11.5 Å². The summed E-state index contributed by atoms with van der Waals surface area (Å²) in [4.78, 5) is 15.3. The zero-order chi connectivity index (χ0) is 24.1. The van der Waals surface area contributed by atoms with Crippen LogP contribution in [0.25, 0.3) is 10.8 Å². The lowest BCUT2D eigenvalue weighted by atomic mass is 10.0. The second-order valence-corrected chi connectivity index (χ2v) is 8.98. The van der Waals surface area contributed by atoms with Gasteiger partial charge in [-0.15, -0.1) is 0 Å². The standard InChI is InChI=1S/C28H34N2O4/c1-19-26(33-3)15-24(16-27(19)34-4)28(31)29-25-9-11-30(12-10-25)17-20-5-7-22-8-6-21(18-32-2)14-23(22)13-20/h5-8,13-16,25H,9-12,17-18H2,1-4H3,(H,29,31). The minimum atomic E-state index is -0.0866. The van der Waals surface area contributed by atoms with Gasteiger partial charge >= 0.3 is 0 Å². The third-order valence-electron chi connectivity index (χ3n) is 6.62. The molecule has 1 N–H and O–H groups in total. The van der Waals surface area contributed by atoms with E-state index in [1.807, 2.05) is 6.92 Å². The largest absolute Gasteiger partial charge is 0.496 e. The number of methoxy groups -OCH3 is 3. The van der Waals surface area contributed by atoms with E-state index >= 15 is 0 Å². The van der Waals surface area contributed by atoms with Crippen molar-refractivity contribution in [1.29, 1.82) is 0 Å². The van der Waals surface area contributed by atoms with Crippen molar-refractivity contribution in [3.63, 3.8) is 0 Å². The number of piperidine rings is 1. The predicted octanol–water partition coefficient (Wildman–Crippen LogP) is 4.71. The summed E-state index contributed by atoms with van der Waals surface area (Å²) >= 11 is 0. The van der Waals surface area contributed by atoms with Gasteiger partial charge in [0.2, 0.25) is 0 Å². The van der Waals surface area contributed by atoms with E-state index in [1.165, 1.54) is 21.9 Å². The summed E-state index contributed by atoms with van der Waals surface area (Å²) in [5, 5.41) is 5.69. The molecule has 0 aliphatic carbocycles. The highest BCUT2D eigenvalue weighted by Gasteiger charge is 2.22. The van der Waals surface area contributed by atoms with Crippen LogP contribution < -0.4 is 14.8 Å². The van der Waals surface area contributed by atoms with Crippen LogP contribution in [0.4, 0.5) is 0 Å². The van der Waals surface area contributed by atoms with E-state index in [0.29, 0.717) is 23.7 Å². The maximum atomic E-state index is 12.9. The molecule has 3 aromatic rings. The summed E-state index contributed by atoms with van der Waals surface area (Å²) in [5.74, 6) is 1.23. The normalized spacial score (nSPS) is 14.8. The van der Waals surface area contributed by atoms with Gasteiger partial charge in [0, 0.05) is 43.9 Å². The molecule has 1 saturated heterocycles. The van der Waals surface area contributed by atoms with Crippen LogP contribution in [-0.4, -0.2) is 51.3 Å². The van der Waals surface area contributed by atoms with Gasteiger partial charge < -0.3 is 19.5 Å². The lowest BCUT2D eigenvalue weighted by Crippen LogP contribution is -2.44. The Morgan fingerprint density at radius 2 is 1.53 bits per heavy atom. The molecular formula is C28H34N2O4. The van der Waals surface area contributed by atoms with E-state index in [4.69, 9.17) is 14.2 Å². The Bertz CT molecular complexity index is 1130. The van der Waals surface area contributed by atoms with Crippen molar-refractivity contribution in [2.24, 2.45) is 0 Å². The molecular weight excluding hydrogens is 428 g/mol. The van der Waals surface area contributed by atoms with Gasteiger partial charge in [-0.1, -0.05) is 24.3 Å². The minimum Gasteiger partial charge on any atom is -0.496 e. The van der Waals surface area contributed by atoms with E-state index in [1.54, 1.807) is 33.5 Å². The third-order valence-corrected chi connectivity index (χ3v) is 6.62. The molecule has 0 aromatic heterocycles. The zero-order valence-corrected chi connectivity index (χ0v) is 20.5. The molecule has 6 nitrogen and oxygen atoms in total. The number of nitrogens with one attached hydrogen (secondary N) is 1. The molecule has 180 valence electrons. The summed E-state index contributed by atoms with van der Waals surface area (Å²) < 4.78 is 16.1. The number of hydrogen-bond acceptors (Lipinski definition) is 5. The van der Waals surface area contributed by atoms with Crippen molar-refractivity contribution in [1.82, 2.24) is 10.2 Å². The van der Waals surface area contributed by atoms with Gasteiger partial charge in [-0.3, -0.25) is 9.69 Å². The third kappa shape index (κ3) is 5.51. The number of benzene rings is 3. The molecule has 1 heterocycles. The molecule has 3 aromatic carbocycles. The molecule has 34 heavy (non-hydrogen) atoms. The van der Waals surface area contributed by atoms with Crippen LogP contribution in [0.5, 0.6) is 11.5 Å². The SMILES string of the molecule is COCc1ccc2ccc(CN3CCC(NC(=O)c4cc(OC)c(C)c(OC)c4)CC3)cc2c1. The highest BCUT2D eigenvalue weighted by molar-refractivity contribution is 5.95. The van der Waals surface area contributed by atoms with Crippen molar-refractivity contribution < 1.29 is 19.0 Å². The number of nitrogens with zero attached hydrogens (tertiary/aromatic N) is 1. The average molecular weight is 463 g/mol. The Morgan fingerprint density at radius 1 is 0.912 bits per heavy atom. The number of amides is 1. The number of ether oxygens (including phenoxy) is 3. The lowest BCUT2D eigenvalue weighted by molar-refractivity contribution is 0.0908. The number of fused-ring (bicyclic) bond motifs is 1. The van der Waals surface area contributed by atoms with Crippen LogP contribution in [0, 0.1) is 6.92 Å². The maximum absolute atomic E-state index is 12.9. The molecule has 0 atom stereocenters. The molecule has 6 heteroatoms. The van der Waals surface area contributed by atoms with Crippen molar-refractivity contribution in [3.05, 3.63) is 70.8 Å². The molecule has 4 rings (SSSR count). The smallest absolute Gasteiger partial charge is 0.251 e. The minimum absolute atomic E-state index is 0.0866. The molecule has 1 aliphatic rings. The first-order chi connectivity index (χ1) is 16.5. The summed E-state index contributed by atoms with van der Waals surface area (Å²) in [5.41, 5.74) is 3.94. The second kappa shape index (κ2) is 10.9. The Kier molecular flexibility index (Phi) is 7.70. The Hall–Kier alpha value is -3.09. The first kappa shape index (κ1) is 24.0. The van der Waals surface area contributed by atoms with Crippen LogP contribution >= 0.6 is 0 Å². The summed E-state index contributed by atoms with van der Waals surface area (Å²) in [6, 6.07) is 16.9. The fraction of sp³-hybridized carbons (Fsp3) is 0.393. The Morgan fingerprint density at radius 3 is 2.15 bits per heavy atom. The van der Waals surface area contributed by atoms with Crippen molar-refractivity contribution in [2.75, 3.05) is 34.4 Å². The monoisotopic (exact) mass is 462 g/mol. The number of rotatable bonds is 8. The number of hydrogen-bond donors (Lipinski definition) is 1. The van der Waals surface area contributed by atoms with Gasteiger partial charge in [-0.25, -0.2) is 0 Å². The predicted molar refractivity (Wildman–Crippen MR) is 135 cm³/mol. The fourth-order valence-electron chi connectivity index (χ4n) is 4.68. The Labute approximate surface area is 201 Å². The molecule has 0 radical (unpaired) electrons. The number of carbonyl (C=O) groups is 1. The summed E-state index contributed by atoms with van der Waals surface area (Å²) in [7, 11) is 4.93. The number of carbonyl (C=O) groups excluding carboxylic acids is 1. The maximum Gasteiger partial charge on any atom is 0.251 e. The quantitative estimate of drug-likeness (QED) is 0.526. The zero-order valence-electron chi connectivity index (χ0n) is 20.5. The van der Waals surface area contributed by atoms with Crippen molar-refractivity contribution >= 4 is 16.7 Å². The van der Waals surface area contributed by atoms with Gasteiger partial charge in [0.15, 0.2) is 0 Å². The molecule has 0 spiro atoms. The fourth-order valence-corrected chi connectivity index (χ4v) is 4.68. The highest BCUT2D eigenvalue weighted by atomic mass is 16.5. The van der Waals surface area contributed by atoms with E-state index in [2.05, 4.69) is 46.6 Å². The van der Waals surface area contributed by atoms with Crippen LogP contribution in [0.2, 0.25) is 0 Å². The summed E-state index contributed by atoms with van der Waals surface area (Å²) in [6.45, 7) is 5.36. The van der Waals surface area contributed by atoms with E-state index in [0.717, 1.165) is 38.0 Å². The van der Waals surface area contributed by atoms with Gasteiger partial charge in [-0.2, -0.15) is 0 Å². The first-order valence-corrected chi connectivity index (χ1v) is 11.8. The van der Waals surface area contributed by atoms with Crippen molar-refractivity contribution in [2.45, 2.75) is 39.0 Å². The van der Waals surface area contributed by atoms with Crippen LogP contribution in [-0.2, 0) is 17.9 Å². The summed E-state index contributed by atoms with van der Waals surface area (Å²) in [6.07, 6.45) is 1.86. The van der Waals surface area contributed by atoms with E-state index in [9.17, 15) is 4.79 Å². The lowest BCUT2D eigenvalue weighted by Gasteiger charge is -2.32. The van der Waals surface area contributed by atoms with Crippen LogP contribution in [0.15, 0.2) is 48.5 Å². The molecule has 0 saturated carbocycles. The first-order valence-electron chi connectivity index (χ1n) is 11.8. The van der Waals surface area contributed by atoms with Gasteiger partial charge in [0.25, 0.3) is 5.91 Å². The molecule has 1 amide bonds. The molecule has 0 unspecified atom stereocenters. The van der Waals surface area contributed by atoms with Gasteiger partial charge in [-0.05, 0) is 65.9 Å². The van der Waals surface area contributed by atoms with Gasteiger partial charge in [0.05, 0.1) is 20.8 Å². The molecule has 1 fully saturated rings. The van der Waals surface area contributed by atoms with E-state index < -0.39 is 0 Å². The average Bonchev–Trinajstić information content (AvgIpc) is 2.85. The number of likely N-dealkylation sites (tertiary alicyclic amines) is 1. The topological polar surface area (TPSA) is 60.0 Å². The second-order valence-electron chi connectivity index (χ2n) is 8.98. The van der Waals surface area contributed by atoms with E-state index in [-0.39, 0.29) is 11.9 Å². The Balaban J connectivity index is 1.34. The van der Waals surface area contributed by atoms with Crippen LogP contribution in [0.1, 0.15) is 39.9 Å². The molecule has 0 bridgehead atoms. The highest BCUT2D eigenvalue weighted by Crippen LogP contribution is 2.29. The molecule has 1 aliphatic heterocycles. The van der Waals surface area contributed by atoms with Gasteiger partial charge in [0.1, 0.15) is 11.5 Å². The van der Waals surface area contributed by atoms with Crippen LogP contribution in [0.3, 0.4) is 0 Å².